The maximum Gasteiger partial charge on any atom is 0.227 e. The van der Waals surface area contributed by atoms with Crippen LogP contribution in [0.3, 0.4) is 0 Å². The third-order valence-electron chi connectivity index (χ3n) is 5.92. The summed E-state index contributed by atoms with van der Waals surface area (Å²) >= 11 is 0. The number of nitrogens with one attached hydrogen (secondary N) is 1. The van der Waals surface area contributed by atoms with Gasteiger partial charge in [-0.25, -0.2) is 0 Å². The molecule has 29 heavy (non-hydrogen) atoms. The molecular formula is C23H32N4O2. The van der Waals surface area contributed by atoms with Gasteiger partial charge < -0.3 is 10.2 Å². The minimum atomic E-state index is -0.331. The molecule has 1 N–H and O–H groups in total. The molecular weight excluding hydrogens is 364 g/mol. The average Bonchev–Trinajstić information content (AvgIpc) is 3.19. The molecule has 1 saturated heterocycles. The van der Waals surface area contributed by atoms with Crippen LogP contribution in [0.25, 0.3) is 0 Å². The van der Waals surface area contributed by atoms with Crippen molar-refractivity contribution in [3.8, 4) is 0 Å². The highest BCUT2D eigenvalue weighted by Gasteiger charge is 2.36. The molecule has 6 heteroatoms. The summed E-state index contributed by atoms with van der Waals surface area (Å²) in [5, 5.41) is 7.52. The van der Waals surface area contributed by atoms with Crippen molar-refractivity contribution in [2.45, 2.75) is 59.4 Å². The minimum absolute atomic E-state index is 0.00727. The average molecular weight is 397 g/mol. The van der Waals surface area contributed by atoms with Crippen LogP contribution >= 0.6 is 0 Å². The lowest BCUT2D eigenvalue weighted by molar-refractivity contribution is -0.126. The molecule has 1 aromatic heterocycles. The fourth-order valence-electron chi connectivity index (χ4n) is 4.18. The number of carbonyl (C=O) groups excluding carboxylic acids is 2. The van der Waals surface area contributed by atoms with Crippen molar-refractivity contribution in [3.63, 3.8) is 0 Å². The summed E-state index contributed by atoms with van der Waals surface area (Å²) in [6, 6.07) is 8.02. The molecule has 1 fully saturated rings. The Morgan fingerprint density at radius 1 is 1.28 bits per heavy atom. The summed E-state index contributed by atoms with van der Waals surface area (Å²) in [6.07, 6.45) is 3.64. The van der Waals surface area contributed by atoms with Crippen molar-refractivity contribution in [2.75, 3.05) is 11.4 Å². The molecule has 2 amide bonds. The van der Waals surface area contributed by atoms with Crippen molar-refractivity contribution in [1.29, 1.82) is 0 Å². The Labute approximate surface area is 173 Å². The van der Waals surface area contributed by atoms with Gasteiger partial charge in [0.05, 0.1) is 17.7 Å². The Hall–Kier alpha value is -2.63. The lowest BCUT2D eigenvalue weighted by atomic mass is 10.0. The molecule has 1 aliphatic heterocycles. The zero-order valence-electron chi connectivity index (χ0n) is 18.2. The Morgan fingerprint density at radius 2 is 1.97 bits per heavy atom. The first-order valence-corrected chi connectivity index (χ1v) is 10.5. The van der Waals surface area contributed by atoms with Gasteiger partial charge in [0, 0.05) is 37.0 Å². The number of hydrogen-bond acceptors (Lipinski definition) is 3. The van der Waals surface area contributed by atoms with E-state index in [1.165, 1.54) is 12.0 Å². The smallest absolute Gasteiger partial charge is 0.227 e. The molecule has 2 unspecified atom stereocenters. The molecule has 1 aromatic carbocycles. The Bertz CT molecular complexity index is 885. The molecule has 3 rings (SSSR count). The zero-order valence-corrected chi connectivity index (χ0v) is 18.2. The summed E-state index contributed by atoms with van der Waals surface area (Å²) in [5.41, 5.74) is 5.17. The molecule has 0 saturated carbocycles. The molecule has 0 radical (unpaired) electrons. The summed E-state index contributed by atoms with van der Waals surface area (Å²) < 4.78 is 1.83. The highest BCUT2D eigenvalue weighted by molar-refractivity contribution is 6.00. The van der Waals surface area contributed by atoms with E-state index in [2.05, 4.69) is 29.5 Å². The first kappa shape index (κ1) is 21.1. The number of benzene rings is 1. The molecule has 0 spiro atoms. The van der Waals surface area contributed by atoms with Gasteiger partial charge in [-0.3, -0.25) is 14.3 Å². The maximum atomic E-state index is 12.8. The van der Waals surface area contributed by atoms with Gasteiger partial charge in [0.15, 0.2) is 0 Å². The molecule has 2 heterocycles. The molecule has 2 atom stereocenters. The summed E-state index contributed by atoms with van der Waals surface area (Å²) in [7, 11) is 1.90. The molecule has 1 aliphatic rings. The van der Waals surface area contributed by atoms with Gasteiger partial charge in [-0.15, -0.1) is 0 Å². The van der Waals surface area contributed by atoms with Crippen LogP contribution in [0.4, 0.5) is 5.69 Å². The van der Waals surface area contributed by atoms with E-state index in [9.17, 15) is 9.59 Å². The van der Waals surface area contributed by atoms with Crippen molar-refractivity contribution in [3.05, 3.63) is 46.8 Å². The number of carbonyl (C=O) groups is 2. The van der Waals surface area contributed by atoms with Crippen molar-refractivity contribution in [2.24, 2.45) is 13.0 Å². The largest absolute Gasteiger partial charge is 0.349 e. The van der Waals surface area contributed by atoms with Gasteiger partial charge in [-0.05, 0) is 51.3 Å². The van der Waals surface area contributed by atoms with Gasteiger partial charge in [0.2, 0.25) is 11.8 Å². The summed E-state index contributed by atoms with van der Waals surface area (Å²) in [4.78, 5) is 27.1. The number of rotatable bonds is 7. The van der Waals surface area contributed by atoms with Crippen LogP contribution in [0.15, 0.2) is 24.3 Å². The van der Waals surface area contributed by atoms with Gasteiger partial charge >= 0.3 is 0 Å². The SMILES string of the molecule is CCCCc1ccc(N2CC(C(=O)NC(C)c3c(C)nn(C)c3C)CC2=O)cc1. The van der Waals surface area contributed by atoms with Gasteiger partial charge in [0.1, 0.15) is 0 Å². The van der Waals surface area contributed by atoms with E-state index in [1.807, 2.05) is 44.6 Å². The van der Waals surface area contributed by atoms with E-state index in [1.54, 1.807) is 4.90 Å². The van der Waals surface area contributed by atoms with Crippen molar-refractivity contribution in [1.82, 2.24) is 15.1 Å². The van der Waals surface area contributed by atoms with Gasteiger partial charge in [-0.1, -0.05) is 25.5 Å². The highest BCUT2D eigenvalue weighted by atomic mass is 16.2. The standard InChI is InChI=1S/C23H32N4O2/c1-6-7-8-18-9-11-20(12-10-18)27-14-19(13-21(27)28)23(29)24-15(2)22-16(3)25-26(5)17(22)4/h9-12,15,19H,6-8,13-14H2,1-5H3,(H,24,29). The second-order valence-corrected chi connectivity index (χ2v) is 8.11. The fourth-order valence-corrected chi connectivity index (χ4v) is 4.18. The molecule has 0 aliphatic carbocycles. The Morgan fingerprint density at radius 3 is 2.55 bits per heavy atom. The molecule has 2 aromatic rings. The van der Waals surface area contributed by atoms with Crippen LogP contribution in [0.1, 0.15) is 61.7 Å². The number of amides is 2. The van der Waals surface area contributed by atoms with E-state index in [-0.39, 0.29) is 30.2 Å². The summed E-state index contributed by atoms with van der Waals surface area (Å²) in [5.74, 6) is -0.398. The van der Waals surface area contributed by atoms with Crippen molar-refractivity contribution < 1.29 is 9.59 Å². The zero-order chi connectivity index (χ0) is 21.1. The topological polar surface area (TPSA) is 67.2 Å². The molecule has 0 bridgehead atoms. The first-order chi connectivity index (χ1) is 13.8. The number of aryl methyl sites for hydroxylation is 3. The van der Waals surface area contributed by atoms with Crippen LogP contribution in [0.2, 0.25) is 0 Å². The fraction of sp³-hybridized carbons (Fsp3) is 0.522. The van der Waals surface area contributed by atoms with Crippen molar-refractivity contribution >= 4 is 17.5 Å². The Kier molecular flexibility index (Phi) is 6.40. The van der Waals surface area contributed by atoms with E-state index < -0.39 is 0 Å². The van der Waals surface area contributed by atoms with Crippen LogP contribution < -0.4 is 10.2 Å². The maximum absolute atomic E-state index is 12.8. The second kappa shape index (κ2) is 8.80. The van der Waals surface area contributed by atoms with Crippen LogP contribution in [-0.2, 0) is 23.1 Å². The number of aromatic nitrogens is 2. The number of nitrogens with zero attached hydrogens (tertiary/aromatic N) is 3. The minimum Gasteiger partial charge on any atom is -0.349 e. The summed E-state index contributed by atoms with van der Waals surface area (Å²) in [6.45, 7) is 8.54. The highest BCUT2D eigenvalue weighted by Crippen LogP contribution is 2.27. The molecule has 6 nitrogen and oxygen atoms in total. The lowest BCUT2D eigenvalue weighted by Crippen LogP contribution is -2.35. The monoisotopic (exact) mass is 396 g/mol. The van der Waals surface area contributed by atoms with E-state index in [4.69, 9.17) is 0 Å². The van der Waals surface area contributed by atoms with E-state index in [0.29, 0.717) is 6.54 Å². The van der Waals surface area contributed by atoms with Gasteiger partial charge in [-0.2, -0.15) is 5.10 Å². The first-order valence-electron chi connectivity index (χ1n) is 10.5. The number of anilines is 1. The second-order valence-electron chi connectivity index (χ2n) is 8.11. The van der Waals surface area contributed by atoms with Gasteiger partial charge in [0.25, 0.3) is 0 Å². The normalized spacial score (nSPS) is 17.6. The predicted molar refractivity (Wildman–Crippen MR) is 115 cm³/mol. The predicted octanol–water partition coefficient (Wildman–Crippen LogP) is 3.61. The lowest BCUT2D eigenvalue weighted by Gasteiger charge is -2.19. The molecule has 156 valence electrons. The third kappa shape index (κ3) is 4.52. The Balaban J connectivity index is 1.64. The van der Waals surface area contributed by atoms with Crippen LogP contribution in [-0.4, -0.2) is 28.1 Å². The number of unbranched alkanes of at least 4 members (excludes halogenated alkanes) is 1. The van der Waals surface area contributed by atoms with Crippen LogP contribution in [0.5, 0.6) is 0 Å². The third-order valence-corrected chi connectivity index (χ3v) is 5.92. The van der Waals surface area contributed by atoms with Crippen LogP contribution in [0, 0.1) is 19.8 Å². The van der Waals surface area contributed by atoms with E-state index in [0.717, 1.165) is 35.5 Å². The van der Waals surface area contributed by atoms with E-state index >= 15 is 0 Å². The quantitative estimate of drug-likeness (QED) is 0.777. The number of hydrogen-bond donors (Lipinski definition) is 1.